The van der Waals surface area contributed by atoms with Crippen molar-refractivity contribution in [3.8, 4) is 11.5 Å². The Hall–Kier alpha value is -2.89. The fourth-order valence-electron chi connectivity index (χ4n) is 2.11. The van der Waals surface area contributed by atoms with Crippen LogP contribution in [0.5, 0.6) is 0 Å². The van der Waals surface area contributed by atoms with Crippen LogP contribution in [-0.4, -0.2) is 21.9 Å². The number of hydrogen-bond donors (Lipinski definition) is 1. The predicted molar refractivity (Wildman–Crippen MR) is 78.5 cm³/mol. The lowest BCUT2D eigenvalue weighted by atomic mass is 10.1. The Bertz CT molecular complexity index is 779. The van der Waals surface area contributed by atoms with Gasteiger partial charge in [-0.2, -0.15) is 0 Å². The third-order valence-corrected chi connectivity index (χ3v) is 3.11. The highest BCUT2D eigenvalue weighted by molar-refractivity contribution is 5.49. The molecule has 2 aromatic heterocycles. The highest BCUT2D eigenvalue weighted by Crippen LogP contribution is 2.13. The number of nitrogens with zero attached hydrogens (tertiary/aromatic N) is 3. The van der Waals surface area contributed by atoms with Crippen LogP contribution in [0.25, 0.3) is 11.5 Å². The van der Waals surface area contributed by atoms with Crippen LogP contribution in [0.2, 0.25) is 0 Å². The van der Waals surface area contributed by atoms with E-state index in [1.807, 2.05) is 30.3 Å². The largest absolute Gasteiger partial charge is 0.462 e. The van der Waals surface area contributed by atoms with Gasteiger partial charge in [0.05, 0.1) is 6.26 Å². The van der Waals surface area contributed by atoms with E-state index in [0.717, 1.165) is 5.56 Å². The molecule has 21 heavy (non-hydrogen) atoms. The van der Waals surface area contributed by atoms with Gasteiger partial charge in [0.15, 0.2) is 17.3 Å². The Kier molecular flexibility index (Phi) is 3.51. The van der Waals surface area contributed by atoms with Gasteiger partial charge in [-0.25, -0.2) is 4.68 Å². The van der Waals surface area contributed by atoms with Crippen molar-refractivity contribution in [3.63, 3.8) is 0 Å². The minimum atomic E-state index is -0.284. The lowest BCUT2D eigenvalue weighted by Crippen LogP contribution is -2.33. The molecule has 1 aromatic carbocycles. The molecule has 0 amide bonds. The molecule has 0 atom stereocenters. The summed E-state index contributed by atoms with van der Waals surface area (Å²) in [6.07, 6.45) is 2.01. The number of furan rings is 1. The van der Waals surface area contributed by atoms with Gasteiger partial charge in [-0.15, -0.1) is 10.2 Å². The normalized spacial score (nSPS) is 10.5. The topological polar surface area (TPSA) is 73.0 Å². The van der Waals surface area contributed by atoms with Gasteiger partial charge in [0.25, 0.3) is 0 Å². The first-order valence-electron chi connectivity index (χ1n) is 6.54. The van der Waals surface area contributed by atoms with Gasteiger partial charge in [0, 0.05) is 13.5 Å². The van der Waals surface area contributed by atoms with Crippen molar-refractivity contribution in [3.05, 3.63) is 70.5 Å². The van der Waals surface area contributed by atoms with Crippen LogP contribution in [0.15, 0.2) is 57.9 Å². The van der Waals surface area contributed by atoms with E-state index >= 15 is 0 Å². The van der Waals surface area contributed by atoms with E-state index in [1.165, 1.54) is 10.9 Å². The van der Waals surface area contributed by atoms with Crippen molar-refractivity contribution in [1.82, 2.24) is 14.9 Å². The van der Waals surface area contributed by atoms with E-state index in [-0.39, 0.29) is 11.3 Å². The molecule has 0 radical (unpaired) electrons. The van der Waals surface area contributed by atoms with Crippen LogP contribution >= 0.6 is 0 Å². The Balaban J connectivity index is 2.03. The van der Waals surface area contributed by atoms with E-state index in [1.54, 1.807) is 19.2 Å². The van der Waals surface area contributed by atoms with Gasteiger partial charge >= 0.3 is 5.56 Å². The maximum Gasteiger partial charge on any atom is 0.302 e. The lowest BCUT2D eigenvalue weighted by molar-refractivity contribution is 0.573. The molecule has 0 fully saturated rings. The smallest absolute Gasteiger partial charge is 0.302 e. The van der Waals surface area contributed by atoms with Crippen molar-refractivity contribution < 1.29 is 4.42 Å². The van der Waals surface area contributed by atoms with Gasteiger partial charge in [0.2, 0.25) is 0 Å². The summed E-state index contributed by atoms with van der Waals surface area (Å²) in [5.74, 6) is 0.951. The van der Waals surface area contributed by atoms with Gasteiger partial charge < -0.3 is 9.84 Å². The summed E-state index contributed by atoms with van der Waals surface area (Å²) in [5.41, 5.74) is 3.81. The molecule has 2 heterocycles. The van der Waals surface area contributed by atoms with Crippen LogP contribution in [-0.2, 0) is 6.42 Å². The zero-order valence-corrected chi connectivity index (χ0v) is 11.5. The van der Waals surface area contributed by atoms with E-state index in [0.29, 0.717) is 18.0 Å². The fourth-order valence-corrected chi connectivity index (χ4v) is 2.11. The maximum absolute atomic E-state index is 12.4. The molecule has 1 N–H and O–H groups in total. The molecular formula is C15H14N4O2. The minimum Gasteiger partial charge on any atom is -0.462 e. The first kappa shape index (κ1) is 13.1. The van der Waals surface area contributed by atoms with Crippen molar-refractivity contribution in [1.29, 1.82) is 0 Å². The monoisotopic (exact) mass is 282 g/mol. The van der Waals surface area contributed by atoms with Crippen molar-refractivity contribution >= 4 is 0 Å². The van der Waals surface area contributed by atoms with Crippen LogP contribution in [0.4, 0.5) is 0 Å². The van der Waals surface area contributed by atoms with Gasteiger partial charge in [-0.05, 0) is 17.7 Å². The molecule has 6 nitrogen and oxygen atoms in total. The molecule has 0 aliphatic heterocycles. The van der Waals surface area contributed by atoms with Crippen LogP contribution in [0.3, 0.4) is 0 Å². The van der Waals surface area contributed by atoms with E-state index in [4.69, 9.17) is 4.42 Å². The Morgan fingerprint density at radius 3 is 2.62 bits per heavy atom. The molecule has 3 rings (SSSR count). The second-order valence-corrected chi connectivity index (χ2v) is 4.47. The predicted octanol–water partition coefficient (Wildman–Crippen LogP) is 1.66. The average molecular weight is 282 g/mol. The molecular weight excluding hydrogens is 268 g/mol. The van der Waals surface area contributed by atoms with Crippen molar-refractivity contribution in [2.75, 3.05) is 12.5 Å². The van der Waals surface area contributed by atoms with Gasteiger partial charge in [-0.3, -0.25) is 4.79 Å². The summed E-state index contributed by atoms with van der Waals surface area (Å²) in [5, 5.41) is 8.16. The van der Waals surface area contributed by atoms with E-state index in [9.17, 15) is 4.79 Å². The van der Waals surface area contributed by atoms with Crippen molar-refractivity contribution in [2.45, 2.75) is 6.42 Å². The molecule has 3 aromatic rings. The van der Waals surface area contributed by atoms with Crippen LogP contribution < -0.4 is 11.0 Å². The summed E-state index contributed by atoms with van der Waals surface area (Å²) in [7, 11) is 1.67. The van der Waals surface area contributed by atoms with E-state index in [2.05, 4.69) is 15.6 Å². The third-order valence-electron chi connectivity index (χ3n) is 3.11. The second kappa shape index (κ2) is 5.62. The van der Waals surface area contributed by atoms with Crippen LogP contribution in [0, 0.1) is 0 Å². The summed E-state index contributed by atoms with van der Waals surface area (Å²) in [6.45, 7) is 0. The quantitative estimate of drug-likeness (QED) is 0.788. The number of rotatable bonds is 4. The Morgan fingerprint density at radius 1 is 1.14 bits per heavy atom. The molecule has 0 aliphatic carbocycles. The first-order chi connectivity index (χ1) is 10.3. The molecule has 0 spiro atoms. The van der Waals surface area contributed by atoms with Gasteiger partial charge in [-0.1, -0.05) is 30.3 Å². The number of aromatic nitrogens is 3. The summed E-state index contributed by atoms with van der Waals surface area (Å²) in [4.78, 5) is 12.4. The third kappa shape index (κ3) is 2.55. The molecule has 0 saturated carbocycles. The SMILES string of the molecule is CNn1c(Cc2ccccc2)nnc(-c2ccco2)c1=O. The highest BCUT2D eigenvalue weighted by atomic mass is 16.3. The number of benzene rings is 1. The second-order valence-electron chi connectivity index (χ2n) is 4.47. The molecule has 0 bridgehead atoms. The Morgan fingerprint density at radius 2 is 1.95 bits per heavy atom. The van der Waals surface area contributed by atoms with Crippen LogP contribution in [0.1, 0.15) is 11.4 Å². The summed E-state index contributed by atoms with van der Waals surface area (Å²) in [6, 6.07) is 13.2. The number of hydrogen-bond acceptors (Lipinski definition) is 5. The molecule has 0 saturated heterocycles. The van der Waals surface area contributed by atoms with Gasteiger partial charge in [0.1, 0.15) is 0 Å². The highest BCUT2D eigenvalue weighted by Gasteiger charge is 2.15. The maximum atomic E-state index is 12.4. The van der Waals surface area contributed by atoms with Crippen molar-refractivity contribution in [2.24, 2.45) is 0 Å². The lowest BCUT2D eigenvalue weighted by Gasteiger charge is -2.11. The zero-order chi connectivity index (χ0) is 14.7. The van der Waals surface area contributed by atoms with E-state index < -0.39 is 0 Å². The zero-order valence-electron chi connectivity index (χ0n) is 11.5. The minimum absolute atomic E-state index is 0.186. The fraction of sp³-hybridized carbons (Fsp3) is 0.133. The molecule has 0 aliphatic rings. The Labute approximate surface area is 121 Å². The molecule has 0 unspecified atom stereocenters. The first-order valence-corrected chi connectivity index (χ1v) is 6.54. The average Bonchev–Trinajstić information content (AvgIpc) is 3.03. The molecule has 106 valence electrons. The molecule has 6 heteroatoms. The summed E-state index contributed by atoms with van der Waals surface area (Å²) < 4.78 is 6.60. The number of nitrogens with one attached hydrogen (secondary N) is 1. The standard InChI is InChI=1S/C15H14N4O2/c1-16-19-13(10-11-6-3-2-4-7-11)17-18-14(15(19)20)12-8-5-9-21-12/h2-9,16H,10H2,1H3. The summed E-state index contributed by atoms with van der Waals surface area (Å²) >= 11 is 0.